The molecule has 0 unspecified atom stereocenters. The molecule has 3 aromatic carbocycles. The van der Waals surface area contributed by atoms with Crippen LogP contribution >= 0.6 is 11.8 Å². The quantitative estimate of drug-likeness (QED) is 0.273. The summed E-state index contributed by atoms with van der Waals surface area (Å²) in [7, 11) is 5.03. The Bertz CT molecular complexity index is 1280. The number of benzene rings is 3. The van der Waals surface area contributed by atoms with E-state index >= 15 is 0 Å². The summed E-state index contributed by atoms with van der Waals surface area (Å²) >= 11 is 1.54. The molecule has 0 aliphatic rings. The third kappa shape index (κ3) is 3.56. The third-order valence-corrected chi connectivity index (χ3v) is 6.18. The Morgan fingerprint density at radius 3 is 2.34 bits per heavy atom. The van der Waals surface area contributed by atoms with E-state index in [1.807, 2.05) is 55.5 Å². The lowest BCUT2D eigenvalue weighted by Gasteiger charge is -2.13. The van der Waals surface area contributed by atoms with Gasteiger partial charge in [0.15, 0.2) is 16.7 Å². The summed E-state index contributed by atoms with van der Waals surface area (Å²) in [6.45, 7) is 2.04. The van der Waals surface area contributed by atoms with Crippen LogP contribution in [0.5, 0.6) is 11.5 Å². The fourth-order valence-electron chi connectivity index (χ4n) is 3.39. The second-order valence-corrected chi connectivity index (χ2v) is 7.84. The van der Waals surface area contributed by atoms with Crippen molar-refractivity contribution < 1.29 is 9.47 Å². The van der Waals surface area contributed by atoms with Crippen molar-refractivity contribution in [3.8, 4) is 11.5 Å². The number of thioether (sulfide) groups is 1. The minimum absolute atomic E-state index is 0.0349. The first-order chi connectivity index (χ1) is 14.0. The summed E-state index contributed by atoms with van der Waals surface area (Å²) in [5.41, 5.74) is 2.90. The van der Waals surface area contributed by atoms with Crippen molar-refractivity contribution in [2.24, 2.45) is 7.05 Å². The van der Waals surface area contributed by atoms with Gasteiger partial charge in [0.1, 0.15) is 0 Å². The molecular formula is C23H22N2O3S. The average Bonchev–Trinajstić information content (AvgIpc) is 2.74. The molecule has 4 aromatic rings. The third-order valence-electron chi connectivity index (χ3n) is 5.10. The predicted octanol–water partition coefficient (Wildman–Crippen LogP) is 4.70. The van der Waals surface area contributed by atoms with Crippen molar-refractivity contribution in [1.82, 2.24) is 9.55 Å². The molecule has 0 atom stereocenters. The fraction of sp³-hybridized carbons (Fsp3) is 0.217. The van der Waals surface area contributed by atoms with Gasteiger partial charge in [-0.05, 0) is 53.1 Å². The molecule has 0 amide bonds. The van der Waals surface area contributed by atoms with Crippen LogP contribution < -0.4 is 15.0 Å². The molecule has 0 bridgehead atoms. The predicted molar refractivity (Wildman–Crippen MR) is 118 cm³/mol. The smallest absolute Gasteiger partial charge is 0.261 e. The van der Waals surface area contributed by atoms with Crippen molar-refractivity contribution in [3.05, 3.63) is 70.0 Å². The van der Waals surface area contributed by atoms with E-state index in [9.17, 15) is 4.79 Å². The largest absolute Gasteiger partial charge is 0.493 e. The highest BCUT2D eigenvalue weighted by molar-refractivity contribution is 7.98. The van der Waals surface area contributed by atoms with Crippen LogP contribution in [0, 0.1) is 6.92 Å². The van der Waals surface area contributed by atoms with E-state index < -0.39 is 0 Å². The second kappa shape index (κ2) is 7.79. The normalized spacial score (nSPS) is 11.2. The van der Waals surface area contributed by atoms with Gasteiger partial charge in [-0.15, -0.1) is 0 Å². The van der Waals surface area contributed by atoms with Crippen LogP contribution in [0.2, 0.25) is 0 Å². The molecule has 4 rings (SSSR count). The maximum atomic E-state index is 12.9. The molecule has 1 heterocycles. The summed E-state index contributed by atoms with van der Waals surface area (Å²) < 4.78 is 12.4. The van der Waals surface area contributed by atoms with Crippen LogP contribution in [-0.2, 0) is 12.8 Å². The highest BCUT2D eigenvalue weighted by Crippen LogP contribution is 2.33. The number of methoxy groups -OCH3 is 2. The van der Waals surface area contributed by atoms with Gasteiger partial charge in [0.05, 0.1) is 25.1 Å². The number of aryl methyl sites for hydroxylation is 1. The molecule has 148 valence electrons. The van der Waals surface area contributed by atoms with Gasteiger partial charge in [0, 0.05) is 12.8 Å². The zero-order valence-electron chi connectivity index (χ0n) is 16.9. The van der Waals surface area contributed by atoms with Crippen LogP contribution in [0.15, 0.2) is 58.5 Å². The van der Waals surface area contributed by atoms with Gasteiger partial charge in [-0.1, -0.05) is 36.0 Å². The van der Waals surface area contributed by atoms with Crippen LogP contribution in [0.25, 0.3) is 21.7 Å². The van der Waals surface area contributed by atoms with E-state index in [-0.39, 0.29) is 5.56 Å². The molecule has 0 fully saturated rings. The molecule has 6 heteroatoms. The van der Waals surface area contributed by atoms with E-state index in [0.717, 1.165) is 27.4 Å². The first kappa shape index (κ1) is 19.3. The van der Waals surface area contributed by atoms with Crippen LogP contribution in [0.4, 0.5) is 0 Å². The fourth-order valence-corrected chi connectivity index (χ4v) is 4.42. The Hall–Kier alpha value is -2.99. The summed E-state index contributed by atoms with van der Waals surface area (Å²) in [6.07, 6.45) is 0. The van der Waals surface area contributed by atoms with E-state index in [1.165, 1.54) is 11.8 Å². The average molecular weight is 407 g/mol. The van der Waals surface area contributed by atoms with Crippen LogP contribution in [0.3, 0.4) is 0 Å². The Morgan fingerprint density at radius 2 is 1.66 bits per heavy atom. The molecule has 5 nitrogen and oxygen atoms in total. The second-order valence-electron chi connectivity index (χ2n) is 6.90. The molecule has 0 N–H and O–H groups in total. The highest BCUT2D eigenvalue weighted by atomic mass is 32.2. The Labute approximate surface area is 173 Å². The molecule has 0 radical (unpaired) electrons. The molecule has 0 saturated carbocycles. The molecule has 1 aromatic heterocycles. The van der Waals surface area contributed by atoms with Gasteiger partial charge in [0.2, 0.25) is 0 Å². The zero-order valence-corrected chi connectivity index (χ0v) is 17.7. The highest BCUT2D eigenvalue weighted by Gasteiger charge is 2.13. The van der Waals surface area contributed by atoms with E-state index in [2.05, 4.69) is 0 Å². The van der Waals surface area contributed by atoms with Gasteiger partial charge < -0.3 is 9.47 Å². The number of fused-ring (bicyclic) bond motifs is 2. The standard InChI is InChI=1S/C23H22N2O3S/c1-14-9-20(27-3)21(28-4)12-17(14)13-29-23-24-19-11-16-8-6-5-7-15(16)10-18(19)22(26)25(23)2/h5-12H,13H2,1-4H3. The number of ether oxygens (including phenoxy) is 2. The minimum atomic E-state index is -0.0349. The number of aromatic nitrogens is 2. The summed E-state index contributed by atoms with van der Waals surface area (Å²) in [4.78, 5) is 17.7. The molecular weight excluding hydrogens is 384 g/mol. The summed E-state index contributed by atoms with van der Waals surface area (Å²) in [5, 5.41) is 3.44. The van der Waals surface area contributed by atoms with E-state index in [0.29, 0.717) is 27.8 Å². The van der Waals surface area contributed by atoms with Gasteiger partial charge in [-0.3, -0.25) is 9.36 Å². The maximum absolute atomic E-state index is 12.9. The Morgan fingerprint density at radius 1 is 1.00 bits per heavy atom. The van der Waals surface area contributed by atoms with E-state index in [4.69, 9.17) is 14.5 Å². The van der Waals surface area contributed by atoms with Gasteiger partial charge in [-0.2, -0.15) is 0 Å². The lowest BCUT2D eigenvalue weighted by molar-refractivity contribution is 0.354. The monoisotopic (exact) mass is 406 g/mol. The lowest BCUT2D eigenvalue weighted by atomic mass is 10.1. The van der Waals surface area contributed by atoms with Gasteiger partial charge in [0.25, 0.3) is 5.56 Å². The van der Waals surface area contributed by atoms with Crippen LogP contribution in [-0.4, -0.2) is 23.8 Å². The zero-order chi connectivity index (χ0) is 20.5. The molecule has 0 saturated heterocycles. The van der Waals surface area contributed by atoms with Crippen molar-refractivity contribution >= 4 is 33.4 Å². The molecule has 0 spiro atoms. The topological polar surface area (TPSA) is 53.3 Å². The first-order valence-electron chi connectivity index (χ1n) is 9.25. The van der Waals surface area contributed by atoms with Gasteiger partial charge in [-0.25, -0.2) is 4.98 Å². The molecule has 0 aliphatic heterocycles. The summed E-state index contributed by atoms with van der Waals surface area (Å²) in [5.74, 6) is 2.08. The Kier molecular flexibility index (Phi) is 5.20. The van der Waals surface area contributed by atoms with Crippen molar-refractivity contribution in [2.75, 3.05) is 14.2 Å². The van der Waals surface area contributed by atoms with Crippen molar-refractivity contribution in [3.63, 3.8) is 0 Å². The molecule has 29 heavy (non-hydrogen) atoms. The van der Waals surface area contributed by atoms with Crippen LogP contribution in [0.1, 0.15) is 11.1 Å². The SMILES string of the molecule is COc1cc(C)c(CSc2nc3cc4ccccc4cc3c(=O)n2C)cc1OC. The number of rotatable bonds is 5. The first-order valence-corrected chi connectivity index (χ1v) is 10.2. The number of hydrogen-bond donors (Lipinski definition) is 0. The maximum Gasteiger partial charge on any atom is 0.261 e. The number of nitrogens with zero attached hydrogens (tertiary/aromatic N) is 2. The number of hydrogen-bond acceptors (Lipinski definition) is 5. The molecule has 0 aliphatic carbocycles. The Balaban J connectivity index is 1.72. The minimum Gasteiger partial charge on any atom is -0.493 e. The lowest BCUT2D eigenvalue weighted by Crippen LogP contribution is -2.20. The van der Waals surface area contributed by atoms with Gasteiger partial charge >= 0.3 is 0 Å². The van der Waals surface area contributed by atoms with E-state index in [1.54, 1.807) is 25.8 Å². The van der Waals surface area contributed by atoms with Crippen molar-refractivity contribution in [1.29, 1.82) is 0 Å². The van der Waals surface area contributed by atoms with Crippen molar-refractivity contribution in [2.45, 2.75) is 17.8 Å². The summed E-state index contributed by atoms with van der Waals surface area (Å²) in [6, 6.07) is 15.9.